The van der Waals surface area contributed by atoms with E-state index in [4.69, 9.17) is 4.74 Å². The van der Waals surface area contributed by atoms with Crippen molar-refractivity contribution in [2.75, 3.05) is 0 Å². The number of hydrogen-bond acceptors (Lipinski definition) is 4. The molecular weight excluding hydrogens is 308 g/mol. The van der Waals surface area contributed by atoms with Crippen molar-refractivity contribution in [2.45, 2.75) is 6.92 Å². The number of nitro benzene ring substituents is 1. The highest BCUT2D eigenvalue weighted by Crippen LogP contribution is 2.34. The van der Waals surface area contributed by atoms with Gasteiger partial charge in [-0.3, -0.25) is 14.9 Å². The minimum atomic E-state index is -0.439. The van der Waals surface area contributed by atoms with E-state index in [0.29, 0.717) is 22.3 Å². The van der Waals surface area contributed by atoms with E-state index in [1.165, 1.54) is 12.1 Å². The van der Waals surface area contributed by atoms with Gasteiger partial charge in [0, 0.05) is 34.3 Å². The number of non-ortho nitro benzene ring substituents is 1. The van der Waals surface area contributed by atoms with Crippen LogP contribution in [-0.2, 0) is 0 Å². The van der Waals surface area contributed by atoms with E-state index in [2.05, 4.69) is 4.98 Å². The molecule has 0 fully saturated rings. The van der Waals surface area contributed by atoms with E-state index in [0.717, 1.165) is 11.2 Å². The minimum Gasteiger partial charge on any atom is -0.452 e. The number of nitrogens with one attached hydrogen (secondary N) is 1. The third-order valence-electron chi connectivity index (χ3n) is 4.08. The van der Waals surface area contributed by atoms with Crippen LogP contribution in [0, 0.1) is 17.0 Å². The Morgan fingerprint density at radius 1 is 1.21 bits per heavy atom. The number of hydrogen-bond donors (Lipinski definition) is 1. The van der Waals surface area contributed by atoms with Gasteiger partial charge in [0.05, 0.1) is 10.5 Å². The second kappa shape index (κ2) is 5.06. The Balaban J connectivity index is 1.86. The molecule has 0 aliphatic carbocycles. The maximum absolute atomic E-state index is 12.4. The molecule has 6 heteroatoms. The summed E-state index contributed by atoms with van der Waals surface area (Å²) >= 11 is 0. The molecule has 1 N–H and O–H groups in total. The van der Waals surface area contributed by atoms with Gasteiger partial charge in [0.1, 0.15) is 5.75 Å². The van der Waals surface area contributed by atoms with Gasteiger partial charge in [-0.15, -0.1) is 0 Å². The number of fused-ring (bicyclic) bond motifs is 2. The molecule has 0 unspecified atom stereocenters. The van der Waals surface area contributed by atoms with E-state index >= 15 is 0 Å². The van der Waals surface area contributed by atoms with E-state index in [1.54, 1.807) is 36.4 Å². The van der Waals surface area contributed by atoms with Gasteiger partial charge in [-0.05, 0) is 31.2 Å². The lowest BCUT2D eigenvalue weighted by Crippen LogP contribution is -1.98. The lowest BCUT2D eigenvalue weighted by atomic mass is 10.1. The lowest BCUT2D eigenvalue weighted by Gasteiger charge is -1.99. The van der Waals surface area contributed by atoms with Crippen molar-refractivity contribution >= 4 is 28.4 Å². The highest BCUT2D eigenvalue weighted by molar-refractivity contribution is 6.15. The number of nitrogens with zero attached hydrogens (tertiary/aromatic N) is 1. The Labute approximate surface area is 136 Å². The second-order valence-electron chi connectivity index (χ2n) is 5.59. The van der Waals surface area contributed by atoms with Crippen molar-refractivity contribution in [3.05, 3.63) is 75.2 Å². The molecule has 0 saturated carbocycles. The molecule has 2 aromatic carbocycles. The van der Waals surface area contributed by atoms with Gasteiger partial charge in [0.15, 0.2) is 5.76 Å². The van der Waals surface area contributed by atoms with Crippen molar-refractivity contribution in [1.29, 1.82) is 0 Å². The smallest absolute Gasteiger partial charge is 0.270 e. The summed E-state index contributed by atoms with van der Waals surface area (Å²) in [5.41, 5.74) is 2.82. The number of ether oxygens (including phenoxy) is 1. The standard InChI is InChI=1S/C18H12N2O4/c1-10-13(14-8-11(20(22)23)6-7-15(14)19-10)9-17-18(21)12-4-2-3-5-16(12)24-17/h2-9,19H,1H3/b17-9-. The van der Waals surface area contributed by atoms with Gasteiger partial charge in [-0.1, -0.05) is 12.1 Å². The number of aromatic nitrogens is 1. The normalized spacial score (nSPS) is 14.9. The Morgan fingerprint density at radius 2 is 2.00 bits per heavy atom. The average molecular weight is 320 g/mol. The first kappa shape index (κ1) is 14.2. The van der Waals surface area contributed by atoms with Crippen molar-refractivity contribution in [1.82, 2.24) is 4.98 Å². The molecule has 118 valence electrons. The Hall–Kier alpha value is -3.41. The number of aryl methyl sites for hydroxylation is 1. The molecule has 1 aromatic heterocycles. The van der Waals surface area contributed by atoms with Crippen LogP contribution in [0.1, 0.15) is 21.6 Å². The number of benzene rings is 2. The lowest BCUT2D eigenvalue weighted by molar-refractivity contribution is -0.384. The molecule has 3 aromatic rings. The number of carbonyl (C=O) groups excluding carboxylic acids is 1. The van der Waals surface area contributed by atoms with Gasteiger partial charge in [-0.25, -0.2) is 0 Å². The molecule has 0 bridgehead atoms. The number of H-pyrrole nitrogens is 1. The van der Waals surface area contributed by atoms with Crippen LogP contribution in [-0.4, -0.2) is 15.7 Å². The summed E-state index contributed by atoms with van der Waals surface area (Å²) in [5, 5.41) is 11.7. The molecule has 0 radical (unpaired) electrons. The number of Topliss-reactive ketones (excluding diaryl/α,β-unsaturated/α-hetero) is 1. The predicted octanol–water partition coefficient (Wildman–Crippen LogP) is 4.00. The SMILES string of the molecule is Cc1[nH]c2ccc([N+](=O)[O-])cc2c1/C=C1\Oc2ccccc2C1=O. The average Bonchev–Trinajstić information content (AvgIpc) is 3.05. The van der Waals surface area contributed by atoms with Crippen LogP contribution < -0.4 is 4.74 Å². The summed E-state index contributed by atoms with van der Waals surface area (Å²) in [6.07, 6.45) is 1.64. The van der Waals surface area contributed by atoms with Crippen molar-refractivity contribution in [3.8, 4) is 5.75 Å². The van der Waals surface area contributed by atoms with E-state index in [-0.39, 0.29) is 17.2 Å². The fourth-order valence-corrected chi connectivity index (χ4v) is 2.90. The summed E-state index contributed by atoms with van der Waals surface area (Å²) in [6.45, 7) is 1.85. The monoisotopic (exact) mass is 320 g/mol. The number of carbonyl (C=O) groups is 1. The molecule has 2 heterocycles. The van der Waals surface area contributed by atoms with Gasteiger partial charge in [0.25, 0.3) is 5.69 Å². The van der Waals surface area contributed by atoms with Gasteiger partial charge in [0.2, 0.25) is 5.78 Å². The zero-order valence-corrected chi connectivity index (χ0v) is 12.7. The molecule has 1 aliphatic rings. The van der Waals surface area contributed by atoms with E-state index in [1.807, 2.05) is 6.92 Å². The summed E-state index contributed by atoms with van der Waals surface area (Å²) < 4.78 is 5.64. The summed E-state index contributed by atoms with van der Waals surface area (Å²) in [7, 11) is 0. The third-order valence-corrected chi connectivity index (χ3v) is 4.08. The van der Waals surface area contributed by atoms with Crippen LogP contribution in [0.5, 0.6) is 5.75 Å². The highest BCUT2D eigenvalue weighted by atomic mass is 16.6. The molecule has 6 nitrogen and oxygen atoms in total. The minimum absolute atomic E-state index is 0.00287. The summed E-state index contributed by atoms with van der Waals surface area (Å²) in [6, 6.07) is 11.6. The first-order valence-corrected chi connectivity index (χ1v) is 7.34. The zero-order valence-electron chi connectivity index (χ0n) is 12.7. The topological polar surface area (TPSA) is 85.2 Å². The zero-order chi connectivity index (χ0) is 16.8. The van der Waals surface area contributed by atoms with Crippen molar-refractivity contribution in [2.24, 2.45) is 0 Å². The van der Waals surface area contributed by atoms with E-state index in [9.17, 15) is 14.9 Å². The van der Waals surface area contributed by atoms with Crippen molar-refractivity contribution in [3.63, 3.8) is 0 Å². The molecule has 0 atom stereocenters. The number of nitro groups is 1. The molecule has 0 spiro atoms. The number of rotatable bonds is 2. The predicted molar refractivity (Wildman–Crippen MR) is 89.1 cm³/mol. The second-order valence-corrected chi connectivity index (χ2v) is 5.59. The van der Waals surface area contributed by atoms with Gasteiger partial charge >= 0.3 is 0 Å². The number of ketones is 1. The van der Waals surface area contributed by atoms with Crippen molar-refractivity contribution < 1.29 is 14.5 Å². The Bertz CT molecular complexity index is 1050. The molecule has 4 rings (SSSR count). The first-order valence-electron chi connectivity index (χ1n) is 7.34. The van der Waals surface area contributed by atoms with Crippen LogP contribution in [0.2, 0.25) is 0 Å². The Kier molecular flexibility index (Phi) is 2.99. The van der Waals surface area contributed by atoms with Crippen LogP contribution in [0.4, 0.5) is 5.69 Å². The van der Waals surface area contributed by atoms with Crippen LogP contribution >= 0.6 is 0 Å². The Morgan fingerprint density at radius 3 is 2.75 bits per heavy atom. The molecular formula is C18H12N2O4. The molecule has 0 amide bonds. The maximum atomic E-state index is 12.4. The fourth-order valence-electron chi connectivity index (χ4n) is 2.90. The highest BCUT2D eigenvalue weighted by Gasteiger charge is 2.27. The maximum Gasteiger partial charge on any atom is 0.270 e. The molecule has 0 saturated heterocycles. The van der Waals surface area contributed by atoms with E-state index < -0.39 is 4.92 Å². The number of allylic oxidation sites excluding steroid dienone is 1. The number of para-hydroxylation sites is 1. The largest absolute Gasteiger partial charge is 0.452 e. The molecule has 24 heavy (non-hydrogen) atoms. The summed E-state index contributed by atoms with van der Waals surface area (Å²) in [4.78, 5) is 26.2. The first-order chi connectivity index (χ1) is 11.5. The number of aromatic amines is 1. The van der Waals surface area contributed by atoms with Crippen LogP contribution in [0.3, 0.4) is 0 Å². The van der Waals surface area contributed by atoms with Crippen LogP contribution in [0.25, 0.3) is 17.0 Å². The fraction of sp³-hybridized carbons (Fsp3) is 0.0556. The summed E-state index contributed by atoms with van der Waals surface area (Å²) in [5.74, 6) is 0.550. The van der Waals surface area contributed by atoms with Crippen LogP contribution in [0.15, 0.2) is 48.2 Å². The van der Waals surface area contributed by atoms with Gasteiger partial charge in [-0.2, -0.15) is 0 Å². The van der Waals surface area contributed by atoms with Gasteiger partial charge < -0.3 is 9.72 Å². The quantitative estimate of drug-likeness (QED) is 0.439. The molecule has 1 aliphatic heterocycles. The third kappa shape index (κ3) is 2.08.